The Morgan fingerprint density at radius 1 is 1.77 bits per heavy atom. The molecule has 0 spiro atoms. The first-order valence-corrected chi connectivity index (χ1v) is 3.37. The van der Waals surface area contributed by atoms with Crippen LogP contribution in [0.1, 0.15) is 10.5 Å². The highest BCUT2D eigenvalue weighted by Gasteiger charge is 2.05. The van der Waals surface area contributed by atoms with Gasteiger partial charge in [0.05, 0.1) is 7.11 Å². The number of ether oxygens (including phenoxy) is 1. The molecule has 66 valence electrons. The van der Waals surface area contributed by atoms with Crippen molar-refractivity contribution in [3.63, 3.8) is 0 Å². The molecule has 0 N–H and O–H groups in total. The maximum Gasteiger partial charge on any atom is 0.356 e. The molecule has 0 bridgehead atoms. The Labute approximate surface area is 73.8 Å². The Morgan fingerprint density at radius 3 is 3.15 bits per heavy atom. The molecule has 0 atom stereocenters. The summed E-state index contributed by atoms with van der Waals surface area (Å²) >= 11 is 0. The van der Waals surface area contributed by atoms with Gasteiger partial charge in [0.2, 0.25) is 0 Å². The molecule has 1 heterocycles. The first-order valence-electron chi connectivity index (χ1n) is 3.37. The highest BCUT2D eigenvalue weighted by Crippen LogP contribution is 2.12. The van der Waals surface area contributed by atoms with Crippen molar-refractivity contribution < 1.29 is 9.53 Å². The number of hydrogen-bond donors (Lipinski definition) is 0. The minimum Gasteiger partial charge on any atom is -0.464 e. The number of esters is 1. The number of aromatic nitrogens is 1. The molecule has 0 saturated heterocycles. The van der Waals surface area contributed by atoms with E-state index in [-0.39, 0.29) is 5.69 Å². The van der Waals surface area contributed by atoms with E-state index >= 15 is 0 Å². The lowest BCUT2D eigenvalue weighted by molar-refractivity contribution is 0.0594. The van der Waals surface area contributed by atoms with Crippen LogP contribution in [0.25, 0.3) is 10.4 Å². The molecule has 13 heavy (non-hydrogen) atoms. The molecular formula is C7H6N4O2. The van der Waals surface area contributed by atoms with Crippen LogP contribution < -0.4 is 0 Å². The summed E-state index contributed by atoms with van der Waals surface area (Å²) in [5.74, 6) is -0.560. The van der Waals surface area contributed by atoms with Gasteiger partial charge in [0.25, 0.3) is 0 Å². The average Bonchev–Trinajstić information content (AvgIpc) is 2.18. The van der Waals surface area contributed by atoms with Gasteiger partial charge in [0.15, 0.2) is 0 Å². The lowest BCUT2D eigenvalue weighted by atomic mass is 10.3. The number of carbonyl (C=O) groups excluding carboxylic acids is 1. The van der Waals surface area contributed by atoms with Crippen LogP contribution in [0.2, 0.25) is 0 Å². The summed E-state index contributed by atoms with van der Waals surface area (Å²) in [5.41, 5.74) is 8.58. The van der Waals surface area contributed by atoms with Crippen LogP contribution >= 0.6 is 0 Å². The molecule has 0 amide bonds. The number of rotatable bonds is 2. The highest BCUT2D eigenvalue weighted by molar-refractivity contribution is 5.87. The zero-order valence-electron chi connectivity index (χ0n) is 6.84. The largest absolute Gasteiger partial charge is 0.464 e. The number of methoxy groups -OCH3 is 1. The second-order valence-corrected chi connectivity index (χ2v) is 2.08. The first kappa shape index (κ1) is 9.02. The minimum atomic E-state index is -0.560. The number of nitrogens with zero attached hydrogens (tertiary/aromatic N) is 4. The monoisotopic (exact) mass is 178 g/mol. The molecule has 1 rings (SSSR count). The van der Waals surface area contributed by atoms with E-state index in [1.165, 1.54) is 25.4 Å². The number of pyridine rings is 1. The molecule has 0 aliphatic carbocycles. The molecule has 0 unspecified atom stereocenters. The van der Waals surface area contributed by atoms with Gasteiger partial charge in [-0.15, -0.1) is 0 Å². The number of hydrogen-bond acceptors (Lipinski definition) is 4. The van der Waals surface area contributed by atoms with Crippen LogP contribution in [0.4, 0.5) is 5.69 Å². The molecule has 0 fully saturated rings. The van der Waals surface area contributed by atoms with Gasteiger partial charge in [-0.2, -0.15) is 0 Å². The van der Waals surface area contributed by atoms with E-state index in [2.05, 4.69) is 19.7 Å². The summed E-state index contributed by atoms with van der Waals surface area (Å²) in [4.78, 5) is 17.3. The van der Waals surface area contributed by atoms with E-state index < -0.39 is 5.97 Å². The van der Waals surface area contributed by atoms with E-state index in [9.17, 15) is 4.79 Å². The zero-order chi connectivity index (χ0) is 9.68. The fraction of sp³-hybridized carbons (Fsp3) is 0.143. The van der Waals surface area contributed by atoms with E-state index in [4.69, 9.17) is 5.53 Å². The van der Waals surface area contributed by atoms with Crippen molar-refractivity contribution in [3.8, 4) is 0 Å². The molecule has 0 saturated carbocycles. The van der Waals surface area contributed by atoms with Crippen LogP contribution in [0.3, 0.4) is 0 Å². The molecule has 6 nitrogen and oxygen atoms in total. The van der Waals surface area contributed by atoms with Gasteiger partial charge < -0.3 is 4.74 Å². The first-order chi connectivity index (χ1) is 6.27. The van der Waals surface area contributed by atoms with Gasteiger partial charge in [0.1, 0.15) is 5.69 Å². The summed E-state index contributed by atoms with van der Waals surface area (Å²) in [5, 5.41) is 3.32. The normalized spacial score (nSPS) is 8.69. The predicted molar refractivity (Wildman–Crippen MR) is 44.4 cm³/mol. The van der Waals surface area contributed by atoms with Crippen LogP contribution in [-0.4, -0.2) is 18.1 Å². The third-order valence-corrected chi connectivity index (χ3v) is 1.30. The maximum atomic E-state index is 11.0. The van der Waals surface area contributed by atoms with Crippen LogP contribution in [0.15, 0.2) is 23.4 Å². The van der Waals surface area contributed by atoms with Crippen molar-refractivity contribution in [2.24, 2.45) is 5.11 Å². The van der Waals surface area contributed by atoms with Gasteiger partial charge >= 0.3 is 5.97 Å². The Balaban J connectivity index is 3.04. The Morgan fingerprint density at radius 2 is 2.54 bits per heavy atom. The molecule has 0 aromatic carbocycles. The highest BCUT2D eigenvalue weighted by atomic mass is 16.5. The summed E-state index contributed by atoms with van der Waals surface area (Å²) < 4.78 is 4.43. The zero-order valence-corrected chi connectivity index (χ0v) is 6.84. The Kier molecular flexibility index (Phi) is 2.83. The SMILES string of the molecule is COC(=O)c1cc(N=[N+]=[N-])ccn1. The fourth-order valence-electron chi connectivity index (χ4n) is 0.749. The Bertz CT molecular complexity index is 371. The molecular weight excluding hydrogens is 172 g/mol. The van der Waals surface area contributed by atoms with Gasteiger partial charge in [-0.3, -0.25) is 0 Å². The van der Waals surface area contributed by atoms with Crippen LogP contribution in [0.5, 0.6) is 0 Å². The van der Waals surface area contributed by atoms with Gasteiger partial charge in [-0.1, -0.05) is 5.11 Å². The lowest BCUT2D eigenvalue weighted by Gasteiger charge is -1.97. The summed E-state index contributed by atoms with van der Waals surface area (Å²) in [6.45, 7) is 0. The summed E-state index contributed by atoms with van der Waals surface area (Å²) in [6, 6.07) is 2.84. The van der Waals surface area contributed by atoms with Crippen molar-refractivity contribution in [1.82, 2.24) is 4.98 Å². The second-order valence-electron chi connectivity index (χ2n) is 2.08. The second kappa shape index (κ2) is 4.08. The van der Waals surface area contributed by atoms with E-state index in [0.29, 0.717) is 5.69 Å². The van der Waals surface area contributed by atoms with Gasteiger partial charge in [0, 0.05) is 16.8 Å². The van der Waals surface area contributed by atoms with Crippen LogP contribution in [0, 0.1) is 0 Å². The topological polar surface area (TPSA) is 88.0 Å². The van der Waals surface area contributed by atoms with E-state index in [1.807, 2.05) is 0 Å². The van der Waals surface area contributed by atoms with Gasteiger partial charge in [-0.05, 0) is 17.7 Å². The van der Waals surface area contributed by atoms with Crippen molar-refractivity contribution in [2.45, 2.75) is 0 Å². The molecule has 1 aromatic heterocycles. The van der Waals surface area contributed by atoms with Crippen molar-refractivity contribution in [1.29, 1.82) is 0 Å². The number of carbonyl (C=O) groups is 1. The fourth-order valence-corrected chi connectivity index (χ4v) is 0.749. The van der Waals surface area contributed by atoms with Crippen LogP contribution in [-0.2, 0) is 4.74 Å². The predicted octanol–water partition coefficient (Wildman–Crippen LogP) is 1.81. The quantitative estimate of drug-likeness (QED) is 0.299. The van der Waals surface area contributed by atoms with Crippen molar-refractivity contribution >= 4 is 11.7 Å². The molecule has 6 heteroatoms. The van der Waals surface area contributed by atoms with Gasteiger partial charge in [-0.25, -0.2) is 9.78 Å². The smallest absolute Gasteiger partial charge is 0.356 e. The lowest BCUT2D eigenvalue weighted by Crippen LogP contribution is -2.02. The molecule has 0 aliphatic rings. The standard InChI is InChI=1S/C7H6N4O2/c1-13-7(12)6-4-5(10-11-8)2-3-9-6/h2-4H,1H3. The third-order valence-electron chi connectivity index (χ3n) is 1.30. The minimum absolute atomic E-state index is 0.118. The maximum absolute atomic E-state index is 11.0. The summed E-state index contributed by atoms with van der Waals surface area (Å²) in [7, 11) is 1.25. The van der Waals surface area contributed by atoms with Crippen molar-refractivity contribution in [2.75, 3.05) is 7.11 Å². The Hall–Kier alpha value is -2.07. The number of azide groups is 1. The molecule has 0 aliphatic heterocycles. The molecule has 1 aromatic rings. The van der Waals surface area contributed by atoms with Crippen molar-refractivity contribution in [3.05, 3.63) is 34.5 Å². The molecule has 0 radical (unpaired) electrons. The van der Waals surface area contributed by atoms with E-state index in [0.717, 1.165) is 0 Å². The van der Waals surface area contributed by atoms with E-state index in [1.54, 1.807) is 0 Å². The average molecular weight is 178 g/mol. The summed E-state index contributed by atoms with van der Waals surface area (Å²) in [6.07, 6.45) is 1.37. The third kappa shape index (κ3) is 2.18.